The molecule has 0 aromatic carbocycles. The van der Waals surface area contributed by atoms with Gasteiger partial charge in [0, 0.05) is 0 Å². The first-order valence-corrected chi connectivity index (χ1v) is 2.38. The largest absolute Gasteiger partial charge is 0.245 e. The van der Waals surface area contributed by atoms with E-state index in [0.717, 1.165) is 0 Å². The highest BCUT2D eigenvalue weighted by Gasteiger charge is 1.64. The van der Waals surface area contributed by atoms with Crippen molar-refractivity contribution in [1.29, 1.82) is 0 Å². The van der Waals surface area contributed by atoms with E-state index in [2.05, 4.69) is 0 Å². The van der Waals surface area contributed by atoms with Gasteiger partial charge in [-0.1, -0.05) is 0 Å². The maximum absolute atomic E-state index is 10.8. The molecule has 0 saturated carbocycles. The molecule has 2 nitrogen and oxygen atoms in total. The molecule has 0 aliphatic heterocycles. The number of halogens is 1. The maximum atomic E-state index is 10.8. The number of alkyl halides is 1. The van der Waals surface area contributed by atoms with Gasteiger partial charge in [-0.2, -0.15) is 8.42 Å². The fourth-order valence-electron chi connectivity index (χ4n) is 0.0514. The summed E-state index contributed by atoms with van der Waals surface area (Å²) in [6.45, 7) is -0.907. The summed E-state index contributed by atoms with van der Waals surface area (Å²) in [7, 11) is -2.32. The molecule has 0 atom stereocenters. The van der Waals surface area contributed by atoms with E-state index in [-0.39, 0.29) is 0 Å². The van der Waals surface area contributed by atoms with Gasteiger partial charge in [0.25, 0.3) is 0 Å². The molecule has 4 heteroatoms. The minimum atomic E-state index is -2.32. The van der Waals surface area contributed by atoms with Gasteiger partial charge in [-0.15, -0.1) is 0 Å². The van der Waals surface area contributed by atoms with E-state index in [0.29, 0.717) is 5.37 Å². The highest BCUT2D eigenvalue weighted by Crippen LogP contribution is 1.51. The lowest BCUT2D eigenvalue weighted by Crippen LogP contribution is -1.72. The lowest BCUT2D eigenvalue weighted by Gasteiger charge is -1.54. The van der Waals surface area contributed by atoms with E-state index >= 15 is 0 Å². The minimum Gasteiger partial charge on any atom is -0.245 e. The van der Waals surface area contributed by atoms with Crippen LogP contribution in [0, 0.1) is 0 Å². The van der Waals surface area contributed by atoms with Crippen molar-refractivity contribution in [3.63, 3.8) is 0 Å². The average Bonchev–Trinajstić information content (AvgIpc) is 1.35. The number of hydrogen-bond acceptors (Lipinski definition) is 2. The first-order chi connectivity index (χ1) is 2.77. The van der Waals surface area contributed by atoms with Crippen molar-refractivity contribution < 1.29 is 12.8 Å². The van der Waals surface area contributed by atoms with Crippen molar-refractivity contribution in [2.45, 2.75) is 0 Å². The van der Waals surface area contributed by atoms with Crippen molar-refractivity contribution in [3.05, 3.63) is 0 Å². The van der Waals surface area contributed by atoms with Crippen molar-refractivity contribution in [2.24, 2.45) is 0 Å². The van der Waals surface area contributed by atoms with Crippen LogP contribution in [0.2, 0.25) is 0 Å². The normalized spacial score (nSPS) is 7.50. The van der Waals surface area contributed by atoms with Crippen LogP contribution in [0.3, 0.4) is 0 Å². The van der Waals surface area contributed by atoms with E-state index < -0.39 is 17.0 Å². The molecule has 0 aliphatic rings. The fraction of sp³-hybridized carbons (Fsp3) is 0.500. The zero-order valence-electron chi connectivity index (χ0n) is 2.89. The highest BCUT2D eigenvalue weighted by atomic mass is 32.2. The second-order valence-corrected chi connectivity index (χ2v) is 1.44. The molecule has 0 rings (SSSR count). The summed E-state index contributed by atoms with van der Waals surface area (Å²) < 4.78 is 29.4. The van der Waals surface area contributed by atoms with Crippen LogP contribution in [0.5, 0.6) is 0 Å². The standard InChI is InChI=1S/C2H3FO2S/c3-1-2-6(4)5/h2H,1H2. The fourth-order valence-corrected chi connectivity index (χ4v) is 0.154. The summed E-state index contributed by atoms with van der Waals surface area (Å²) in [6, 6.07) is 0. The molecule has 0 radical (unpaired) electrons. The molecule has 36 valence electrons. The third kappa shape index (κ3) is 3.62. The van der Waals surface area contributed by atoms with Gasteiger partial charge >= 0.3 is 0 Å². The Labute approximate surface area is 36.1 Å². The van der Waals surface area contributed by atoms with Gasteiger partial charge in [-0.3, -0.25) is 0 Å². The molecule has 0 amide bonds. The predicted molar refractivity (Wildman–Crippen MR) is 21.0 cm³/mol. The molecule has 0 aromatic heterocycles. The Morgan fingerprint density at radius 1 is 1.67 bits per heavy atom. The van der Waals surface area contributed by atoms with Crippen LogP contribution in [0.25, 0.3) is 0 Å². The molecule has 0 fully saturated rings. The topological polar surface area (TPSA) is 34.1 Å². The Morgan fingerprint density at radius 2 is 2.17 bits per heavy atom. The smallest absolute Gasteiger partial charge is 0.212 e. The Morgan fingerprint density at radius 3 is 2.17 bits per heavy atom. The summed E-state index contributed by atoms with van der Waals surface area (Å²) in [6.07, 6.45) is 0. The summed E-state index contributed by atoms with van der Waals surface area (Å²) in [5.41, 5.74) is 0. The molecule has 0 aromatic rings. The van der Waals surface area contributed by atoms with Crippen LogP contribution in [0.15, 0.2) is 0 Å². The first-order valence-electron chi connectivity index (χ1n) is 1.24. The molecule has 0 bridgehead atoms. The highest BCUT2D eigenvalue weighted by molar-refractivity contribution is 7.71. The quantitative estimate of drug-likeness (QED) is 0.432. The molecule has 0 N–H and O–H groups in total. The van der Waals surface area contributed by atoms with E-state index in [4.69, 9.17) is 0 Å². The molecule has 0 spiro atoms. The zero-order valence-corrected chi connectivity index (χ0v) is 3.70. The third-order valence-electron chi connectivity index (χ3n) is 0.199. The summed E-state index contributed by atoms with van der Waals surface area (Å²) in [5, 5.41) is 0.542. The third-order valence-corrected chi connectivity index (χ3v) is 0.597. The number of hydrogen-bond donors (Lipinski definition) is 0. The van der Waals surface area contributed by atoms with E-state index in [9.17, 15) is 12.8 Å². The molecule has 0 saturated heterocycles. The molecular formula is C2H3FO2S. The van der Waals surface area contributed by atoms with Crippen molar-refractivity contribution in [2.75, 3.05) is 6.67 Å². The Hall–Kier alpha value is -0.380. The van der Waals surface area contributed by atoms with Crippen LogP contribution in [-0.4, -0.2) is 20.5 Å². The van der Waals surface area contributed by atoms with Gasteiger partial charge in [0.2, 0.25) is 10.3 Å². The maximum Gasteiger partial charge on any atom is 0.212 e. The molecular weight excluding hydrogens is 107 g/mol. The predicted octanol–water partition coefficient (Wildman–Crippen LogP) is -0.363. The Bertz CT molecular complexity index is 126. The lowest BCUT2D eigenvalue weighted by atomic mass is 10.9. The molecule has 6 heavy (non-hydrogen) atoms. The second kappa shape index (κ2) is 2.84. The summed E-state index contributed by atoms with van der Waals surface area (Å²) in [4.78, 5) is 0. The van der Waals surface area contributed by atoms with Gasteiger partial charge in [0.1, 0.15) is 6.67 Å². The van der Waals surface area contributed by atoms with Gasteiger partial charge in [0.05, 0.1) is 5.37 Å². The van der Waals surface area contributed by atoms with Gasteiger partial charge < -0.3 is 0 Å². The lowest BCUT2D eigenvalue weighted by molar-refractivity contribution is 0.588. The van der Waals surface area contributed by atoms with E-state index in [1.165, 1.54) is 0 Å². The summed E-state index contributed by atoms with van der Waals surface area (Å²) in [5.74, 6) is 0. The monoisotopic (exact) mass is 110 g/mol. The van der Waals surface area contributed by atoms with Crippen molar-refractivity contribution in [1.82, 2.24) is 0 Å². The van der Waals surface area contributed by atoms with E-state index in [1.807, 2.05) is 0 Å². The van der Waals surface area contributed by atoms with Crippen LogP contribution < -0.4 is 0 Å². The van der Waals surface area contributed by atoms with Crippen LogP contribution in [-0.2, 0) is 10.3 Å². The van der Waals surface area contributed by atoms with Crippen LogP contribution >= 0.6 is 0 Å². The summed E-state index contributed by atoms with van der Waals surface area (Å²) >= 11 is 0. The molecule has 0 heterocycles. The van der Waals surface area contributed by atoms with E-state index in [1.54, 1.807) is 0 Å². The van der Waals surface area contributed by atoms with Crippen molar-refractivity contribution >= 4 is 15.7 Å². The van der Waals surface area contributed by atoms with Crippen LogP contribution in [0.1, 0.15) is 0 Å². The SMILES string of the molecule is O=S(=O)=CCF. The van der Waals surface area contributed by atoms with Gasteiger partial charge in [-0.25, -0.2) is 4.39 Å². The number of rotatable bonds is 1. The first kappa shape index (κ1) is 5.62. The Balaban J connectivity index is 3.78. The van der Waals surface area contributed by atoms with Gasteiger partial charge in [0.15, 0.2) is 0 Å². The van der Waals surface area contributed by atoms with Gasteiger partial charge in [-0.05, 0) is 0 Å². The van der Waals surface area contributed by atoms with Crippen molar-refractivity contribution in [3.8, 4) is 0 Å². The molecule has 0 aliphatic carbocycles. The Kier molecular flexibility index (Phi) is 2.66. The van der Waals surface area contributed by atoms with Crippen LogP contribution in [0.4, 0.5) is 4.39 Å². The molecule has 0 unspecified atom stereocenters. The minimum absolute atomic E-state index is 0.542. The zero-order chi connectivity index (χ0) is 4.99. The average molecular weight is 110 g/mol. The second-order valence-electron chi connectivity index (χ2n) is 0.581.